The normalized spacial score (nSPS) is 24.2. The summed E-state index contributed by atoms with van der Waals surface area (Å²) in [7, 11) is 0. The fourth-order valence-corrected chi connectivity index (χ4v) is 2.87. The van der Waals surface area contributed by atoms with Crippen LogP contribution in [0.25, 0.3) is 0 Å². The van der Waals surface area contributed by atoms with Crippen molar-refractivity contribution in [2.24, 2.45) is 5.92 Å². The van der Waals surface area contributed by atoms with Crippen molar-refractivity contribution >= 4 is 17.7 Å². The molecule has 1 aliphatic rings. The molecule has 3 atom stereocenters. The Morgan fingerprint density at radius 2 is 2.11 bits per heavy atom. The number of carbonyl (C=O) groups excluding carboxylic acids is 1. The minimum atomic E-state index is -0.0343. The average Bonchev–Trinajstić information content (AvgIpc) is 2.85. The second-order valence-corrected chi connectivity index (χ2v) is 6.08. The SMILES string of the molecule is CSc1ccc(C(C)NC(=O)C2NCCC2C)cc1. The zero-order chi connectivity index (χ0) is 13.8. The van der Waals surface area contributed by atoms with Gasteiger partial charge in [-0.1, -0.05) is 19.1 Å². The van der Waals surface area contributed by atoms with Crippen molar-refractivity contribution in [3.63, 3.8) is 0 Å². The highest BCUT2D eigenvalue weighted by Gasteiger charge is 2.29. The van der Waals surface area contributed by atoms with E-state index in [1.54, 1.807) is 11.8 Å². The fourth-order valence-electron chi connectivity index (χ4n) is 2.46. The van der Waals surface area contributed by atoms with E-state index in [4.69, 9.17) is 0 Å². The van der Waals surface area contributed by atoms with Gasteiger partial charge in [0.05, 0.1) is 12.1 Å². The fraction of sp³-hybridized carbons (Fsp3) is 0.533. The standard InChI is InChI=1S/C15H22N2OS/c1-10-8-9-16-14(10)15(18)17-11(2)12-4-6-13(19-3)7-5-12/h4-7,10-11,14,16H,8-9H2,1-3H3,(H,17,18). The molecule has 0 saturated carbocycles. The summed E-state index contributed by atoms with van der Waals surface area (Å²) in [6.07, 6.45) is 3.14. The highest BCUT2D eigenvalue weighted by Crippen LogP contribution is 2.20. The second kappa shape index (κ2) is 6.44. The molecule has 1 aromatic carbocycles. The predicted molar refractivity (Wildman–Crippen MR) is 80.4 cm³/mol. The van der Waals surface area contributed by atoms with Crippen LogP contribution in [-0.4, -0.2) is 24.7 Å². The van der Waals surface area contributed by atoms with Crippen molar-refractivity contribution in [3.05, 3.63) is 29.8 Å². The number of hydrogen-bond donors (Lipinski definition) is 2. The molecule has 4 heteroatoms. The maximum absolute atomic E-state index is 12.2. The first-order valence-electron chi connectivity index (χ1n) is 6.79. The van der Waals surface area contributed by atoms with Crippen molar-refractivity contribution < 1.29 is 4.79 Å². The molecule has 1 aliphatic heterocycles. The molecule has 0 bridgehead atoms. The summed E-state index contributed by atoms with van der Waals surface area (Å²) in [6, 6.07) is 8.38. The maximum Gasteiger partial charge on any atom is 0.237 e. The molecular weight excluding hydrogens is 256 g/mol. The van der Waals surface area contributed by atoms with Gasteiger partial charge in [-0.25, -0.2) is 0 Å². The van der Waals surface area contributed by atoms with Crippen LogP contribution in [-0.2, 0) is 4.79 Å². The van der Waals surface area contributed by atoms with Gasteiger partial charge in [0, 0.05) is 4.90 Å². The van der Waals surface area contributed by atoms with Gasteiger partial charge in [-0.15, -0.1) is 11.8 Å². The Balaban J connectivity index is 1.95. The third kappa shape index (κ3) is 3.51. The Hall–Kier alpha value is -1.00. The van der Waals surface area contributed by atoms with Crippen molar-refractivity contribution in [3.8, 4) is 0 Å². The van der Waals surface area contributed by atoms with Gasteiger partial charge in [0.15, 0.2) is 0 Å². The highest BCUT2D eigenvalue weighted by atomic mass is 32.2. The molecule has 19 heavy (non-hydrogen) atoms. The molecular formula is C15H22N2OS. The summed E-state index contributed by atoms with van der Waals surface area (Å²) in [4.78, 5) is 13.4. The third-order valence-electron chi connectivity index (χ3n) is 3.79. The van der Waals surface area contributed by atoms with Gasteiger partial charge in [-0.2, -0.15) is 0 Å². The van der Waals surface area contributed by atoms with Crippen molar-refractivity contribution in [2.45, 2.75) is 37.2 Å². The molecule has 1 fully saturated rings. The van der Waals surface area contributed by atoms with E-state index in [1.807, 2.05) is 6.92 Å². The van der Waals surface area contributed by atoms with Crippen LogP contribution in [0.2, 0.25) is 0 Å². The first-order chi connectivity index (χ1) is 9.11. The van der Waals surface area contributed by atoms with Crippen molar-refractivity contribution in [1.82, 2.24) is 10.6 Å². The van der Waals surface area contributed by atoms with Crippen LogP contribution in [0, 0.1) is 5.92 Å². The van der Waals surface area contributed by atoms with Gasteiger partial charge in [0.1, 0.15) is 0 Å². The third-order valence-corrected chi connectivity index (χ3v) is 4.53. The van der Waals surface area contributed by atoms with Crippen LogP contribution in [0.15, 0.2) is 29.2 Å². The van der Waals surface area contributed by atoms with Crippen LogP contribution in [0.4, 0.5) is 0 Å². The van der Waals surface area contributed by atoms with Crippen molar-refractivity contribution in [2.75, 3.05) is 12.8 Å². The number of carbonyl (C=O) groups is 1. The lowest BCUT2D eigenvalue weighted by atomic mass is 10.0. The van der Waals surface area contributed by atoms with E-state index in [1.165, 1.54) is 4.90 Å². The molecule has 0 aliphatic carbocycles. The summed E-state index contributed by atoms with van der Waals surface area (Å²) in [5.41, 5.74) is 1.15. The lowest BCUT2D eigenvalue weighted by Crippen LogP contribution is -2.44. The van der Waals surface area contributed by atoms with Crippen LogP contribution in [0.1, 0.15) is 31.9 Å². The first-order valence-corrected chi connectivity index (χ1v) is 8.02. The zero-order valence-corrected chi connectivity index (χ0v) is 12.6. The average molecular weight is 278 g/mol. The molecule has 1 aromatic rings. The van der Waals surface area contributed by atoms with E-state index < -0.39 is 0 Å². The number of amides is 1. The Bertz CT molecular complexity index is 432. The maximum atomic E-state index is 12.2. The van der Waals surface area contributed by atoms with Gasteiger partial charge < -0.3 is 10.6 Å². The van der Waals surface area contributed by atoms with Gasteiger partial charge in [0.25, 0.3) is 0 Å². The Morgan fingerprint density at radius 1 is 1.42 bits per heavy atom. The minimum absolute atomic E-state index is 0.0343. The number of hydrogen-bond acceptors (Lipinski definition) is 3. The molecule has 0 aromatic heterocycles. The lowest BCUT2D eigenvalue weighted by Gasteiger charge is -2.20. The molecule has 0 spiro atoms. The molecule has 104 valence electrons. The minimum Gasteiger partial charge on any atom is -0.348 e. The van der Waals surface area contributed by atoms with Crippen LogP contribution in [0.5, 0.6) is 0 Å². The van der Waals surface area contributed by atoms with Crippen molar-refractivity contribution in [1.29, 1.82) is 0 Å². The summed E-state index contributed by atoms with van der Waals surface area (Å²) >= 11 is 1.73. The predicted octanol–water partition coefficient (Wildman–Crippen LogP) is 2.58. The Kier molecular flexibility index (Phi) is 4.88. The zero-order valence-electron chi connectivity index (χ0n) is 11.8. The molecule has 1 heterocycles. The van der Waals surface area contributed by atoms with Crippen LogP contribution in [0.3, 0.4) is 0 Å². The smallest absolute Gasteiger partial charge is 0.237 e. The van der Waals surface area contributed by atoms with Gasteiger partial charge in [-0.3, -0.25) is 4.79 Å². The summed E-state index contributed by atoms with van der Waals surface area (Å²) in [5.74, 6) is 0.539. The quantitative estimate of drug-likeness (QED) is 0.832. The molecule has 0 radical (unpaired) electrons. The lowest BCUT2D eigenvalue weighted by molar-refractivity contribution is -0.124. The van der Waals surface area contributed by atoms with E-state index in [-0.39, 0.29) is 18.0 Å². The summed E-state index contributed by atoms with van der Waals surface area (Å²) in [5, 5.41) is 6.36. The topological polar surface area (TPSA) is 41.1 Å². The Morgan fingerprint density at radius 3 is 2.63 bits per heavy atom. The van der Waals surface area contributed by atoms with Crippen LogP contribution < -0.4 is 10.6 Å². The Labute approximate surface area is 119 Å². The molecule has 1 saturated heterocycles. The van der Waals surface area contributed by atoms with Gasteiger partial charge >= 0.3 is 0 Å². The van der Waals surface area contributed by atoms with E-state index in [0.29, 0.717) is 5.92 Å². The van der Waals surface area contributed by atoms with Gasteiger partial charge in [-0.05, 0) is 49.8 Å². The molecule has 3 unspecified atom stereocenters. The molecule has 2 rings (SSSR count). The molecule has 1 amide bonds. The van der Waals surface area contributed by atoms with E-state index in [0.717, 1.165) is 18.5 Å². The second-order valence-electron chi connectivity index (χ2n) is 5.20. The number of thioether (sulfide) groups is 1. The van der Waals surface area contributed by atoms with E-state index in [2.05, 4.69) is 48.1 Å². The number of benzene rings is 1. The van der Waals surface area contributed by atoms with E-state index >= 15 is 0 Å². The largest absolute Gasteiger partial charge is 0.348 e. The highest BCUT2D eigenvalue weighted by molar-refractivity contribution is 7.98. The molecule has 2 N–H and O–H groups in total. The summed E-state index contributed by atoms with van der Waals surface area (Å²) < 4.78 is 0. The monoisotopic (exact) mass is 278 g/mol. The van der Waals surface area contributed by atoms with E-state index in [9.17, 15) is 4.79 Å². The number of nitrogens with one attached hydrogen (secondary N) is 2. The molecule has 3 nitrogen and oxygen atoms in total. The van der Waals surface area contributed by atoms with Crippen LogP contribution >= 0.6 is 11.8 Å². The van der Waals surface area contributed by atoms with Gasteiger partial charge in [0.2, 0.25) is 5.91 Å². The number of rotatable bonds is 4. The first kappa shape index (κ1) is 14.4. The summed E-state index contributed by atoms with van der Waals surface area (Å²) in [6.45, 7) is 5.10.